The van der Waals surface area contributed by atoms with Crippen molar-refractivity contribution in [3.8, 4) is 5.75 Å². The van der Waals surface area contributed by atoms with Crippen LogP contribution < -0.4 is 10.1 Å². The smallest absolute Gasteiger partial charge is 0.261 e. The van der Waals surface area contributed by atoms with Gasteiger partial charge in [0, 0.05) is 19.5 Å². The highest BCUT2D eigenvalue weighted by atomic mass is 19.1. The Balaban J connectivity index is 1.57. The van der Waals surface area contributed by atoms with E-state index in [1.165, 1.54) is 24.3 Å². The van der Waals surface area contributed by atoms with E-state index >= 15 is 0 Å². The highest BCUT2D eigenvalue weighted by Crippen LogP contribution is 2.38. The number of hydrogen-bond donors (Lipinski definition) is 1. The van der Waals surface area contributed by atoms with E-state index < -0.39 is 12.1 Å². The van der Waals surface area contributed by atoms with E-state index in [-0.39, 0.29) is 30.0 Å². The summed E-state index contributed by atoms with van der Waals surface area (Å²) in [6.07, 6.45) is 0.750. The molecular weight excluding hydrogens is 462 g/mol. The third kappa shape index (κ3) is 5.73. The maximum absolute atomic E-state index is 14.1. The summed E-state index contributed by atoms with van der Waals surface area (Å²) in [6, 6.07) is 17.5. The molecule has 0 saturated heterocycles. The second kappa shape index (κ2) is 11.3. The standard InChI is InChI=1S/C29H30F2N2O3/c1-3-26(29(35)32-18-19-8-11-22(30)12-9-19)36-24-13-10-20-14-15-33(27(34)4-2)28(25(20)17-24)21-6-5-7-23(31)16-21/h5-13,16-17,26,28H,3-4,14-15,18H2,1-2H3,(H,32,35). The molecule has 1 heterocycles. The number of fused-ring (bicyclic) bond motifs is 1. The second-order valence-electron chi connectivity index (χ2n) is 8.87. The largest absolute Gasteiger partial charge is 0.481 e. The lowest BCUT2D eigenvalue weighted by atomic mass is 9.87. The Hall–Kier alpha value is -3.74. The fourth-order valence-corrected chi connectivity index (χ4v) is 4.57. The molecule has 5 nitrogen and oxygen atoms in total. The number of ether oxygens (including phenoxy) is 1. The lowest BCUT2D eigenvalue weighted by molar-refractivity contribution is -0.133. The van der Waals surface area contributed by atoms with Gasteiger partial charge in [0.05, 0.1) is 6.04 Å². The lowest BCUT2D eigenvalue weighted by Crippen LogP contribution is -2.40. The Morgan fingerprint density at radius 1 is 1.03 bits per heavy atom. The van der Waals surface area contributed by atoms with Crippen LogP contribution in [0.2, 0.25) is 0 Å². The predicted molar refractivity (Wildman–Crippen MR) is 133 cm³/mol. The molecule has 0 spiro atoms. The first-order valence-corrected chi connectivity index (χ1v) is 12.3. The van der Waals surface area contributed by atoms with E-state index in [4.69, 9.17) is 4.74 Å². The molecule has 1 N–H and O–H groups in total. The first-order chi connectivity index (χ1) is 17.4. The number of amides is 2. The van der Waals surface area contributed by atoms with E-state index in [0.29, 0.717) is 37.1 Å². The van der Waals surface area contributed by atoms with E-state index in [1.54, 1.807) is 23.1 Å². The van der Waals surface area contributed by atoms with E-state index in [0.717, 1.165) is 16.7 Å². The third-order valence-corrected chi connectivity index (χ3v) is 6.45. The summed E-state index contributed by atoms with van der Waals surface area (Å²) in [5, 5.41) is 2.84. The number of hydrogen-bond acceptors (Lipinski definition) is 3. The quantitative estimate of drug-likeness (QED) is 0.463. The molecule has 0 saturated carbocycles. The summed E-state index contributed by atoms with van der Waals surface area (Å²) in [7, 11) is 0. The zero-order valence-electron chi connectivity index (χ0n) is 20.5. The topological polar surface area (TPSA) is 58.6 Å². The van der Waals surface area contributed by atoms with Crippen molar-refractivity contribution in [2.75, 3.05) is 6.54 Å². The van der Waals surface area contributed by atoms with Gasteiger partial charge in [-0.1, -0.05) is 44.2 Å². The summed E-state index contributed by atoms with van der Waals surface area (Å²) in [6.45, 7) is 4.48. The van der Waals surface area contributed by atoms with Gasteiger partial charge in [-0.2, -0.15) is 0 Å². The van der Waals surface area contributed by atoms with Crippen LogP contribution in [-0.4, -0.2) is 29.4 Å². The van der Waals surface area contributed by atoms with Crippen molar-refractivity contribution in [1.82, 2.24) is 10.2 Å². The number of nitrogens with one attached hydrogen (secondary N) is 1. The molecule has 188 valence electrons. The summed E-state index contributed by atoms with van der Waals surface area (Å²) in [4.78, 5) is 27.4. The average molecular weight is 493 g/mol. The minimum absolute atomic E-state index is 0.00663. The molecular formula is C29H30F2N2O3. The number of halogens is 2. The van der Waals surface area contributed by atoms with E-state index in [9.17, 15) is 18.4 Å². The Morgan fingerprint density at radius 2 is 1.81 bits per heavy atom. The molecule has 3 aromatic rings. The zero-order chi connectivity index (χ0) is 25.7. The number of carbonyl (C=O) groups is 2. The number of nitrogens with zero attached hydrogens (tertiary/aromatic N) is 1. The fraction of sp³-hybridized carbons (Fsp3) is 0.310. The van der Waals surface area contributed by atoms with Crippen LogP contribution in [0.15, 0.2) is 66.7 Å². The van der Waals surface area contributed by atoms with Crippen molar-refractivity contribution in [3.63, 3.8) is 0 Å². The van der Waals surface area contributed by atoms with Crippen LogP contribution in [0.3, 0.4) is 0 Å². The molecule has 0 aromatic heterocycles. The predicted octanol–water partition coefficient (Wildman–Crippen LogP) is 5.32. The van der Waals surface area contributed by atoms with Gasteiger partial charge in [0.1, 0.15) is 17.4 Å². The number of rotatable bonds is 8. The number of benzene rings is 3. The van der Waals surface area contributed by atoms with Gasteiger partial charge in [0.2, 0.25) is 5.91 Å². The van der Waals surface area contributed by atoms with Gasteiger partial charge in [-0.25, -0.2) is 8.78 Å². The molecule has 0 bridgehead atoms. The lowest BCUT2D eigenvalue weighted by Gasteiger charge is -2.38. The Labute approximate surface area is 210 Å². The summed E-state index contributed by atoms with van der Waals surface area (Å²) in [5.41, 5.74) is 3.41. The molecule has 2 amide bonds. The van der Waals surface area contributed by atoms with Gasteiger partial charge < -0.3 is 15.0 Å². The zero-order valence-corrected chi connectivity index (χ0v) is 20.5. The maximum atomic E-state index is 14.1. The van der Waals surface area contributed by atoms with Crippen LogP contribution in [0.25, 0.3) is 0 Å². The minimum Gasteiger partial charge on any atom is -0.481 e. The normalized spacial score (nSPS) is 15.7. The highest BCUT2D eigenvalue weighted by molar-refractivity contribution is 5.81. The molecule has 1 aliphatic rings. The summed E-state index contributed by atoms with van der Waals surface area (Å²) < 4.78 is 33.3. The summed E-state index contributed by atoms with van der Waals surface area (Å²) in [5.74, 6) is -0.468. The molecule has 0 fully saturated rings. The first-order valence-electron chi connectivity index (χ1n) is 12.3. The van der Waals surface area contributed by atoms with E-state index in [1.807, 2.05) is 38.1 Å². The Kier molecular flexibility index (Phi) is 7.98. The molecule has 0 radical (unpaired) electrons. The number of carbonyl (C=O) groups excluding carboxylic acids is 2. The Bertz CT molecular complexity index is 1230. The third-order valence-electron chi connectivity index (χ3n) is 6.45. The van der Waals surface area contributed by atoms with Crippen molar-refractivity contribution >= 4 is 11.8 Å². The highest BCUT2D eigenvalue weighted by Gasteiger charge is 2.32. The molecule has 2 atom stereocenters. The molecule has 0 aliphatic carbocycles. The van der Waals surface area contributed by atoms with Gasteiger partial charge in [-0.05, 0) is 71.5 Å². The van der Waals surface area contributed by atoms with Crippen LogP contribution in [0, 0.1) is 11.6 Å². The van der Waals surface area contributed by atoms with Crippen molar-refractivity contribution in [3.05, 3.63) is 101 Å². The van der Waals surface area contributed by atoms with Gasteiger partial charge in [-0.3, -0.25) is 9.59 Å². The van der Waals surface area contributed by atoms with Gasteiger partial charge >= 0.3 is 0 Å². The molecule has 1 aliphatic heterocycles. The fourth-order valence-electron chi connectivity index (χ4n) is 4.57. The van der Waals surface area contributed by atoms with Crippen molar-refractivity contribution < 1.29 is 23.1 Å². The van der Waals surface area contributed by atoms with Gasteiger partial charge in [0.25, 0.3) is 5.91 Å². The molecule has 7 heteroatoms. The van der Waals surface area contributed by atoms with Crippen LogP contribution in [0.5, 0.6) is 5.75 Å². The Morgan fingerprint density at radius 3 is 2.50 bits per heavy atom. The average Bonchev–Trinajstić information content (AvgIpc) is 2.90. The van der Waals surface area contributed by atoms with Crippen molar-refractivity contribution in [2.45, 2.75) is 51.8 Å². The monoisotopic (exact) mass is 492 g/mol. The van der Waals surface area contributed by atoms with Crippen LogP contribution in [0.4, 0.5) is 8.78 Å². The second-order valence-corrected chi connectivity index (χ2v) is 8.87. The van der Waals surface area contributed by atoms with Crippen LogP contribution >= 0.6 is 0 Å². The van der Waals surface area contributed by atoms with Crippen LogP contribution in [-0.2, 0) is 22.6 Å². The van der Waals surface area contributed by atoms with Crippen LogP contribution in [0.1, 0.15) is 55.0 Å². The molecule has 2 unspecified atom stereocenters. The van der Waals surface area contributed by atoms with Crippen molar-refractivity contribution in [2.24, 2.45) is 0 Å². The summed E-state index contributed by atoms with van der Waals surface area (Å²) >= 11 is 0. The molecule has 36 heavy (non-hydrogen) atoms. The molecule has 4 rings (SSSR count). The van der Waals surface area contributed by atoms with Gasteiger partial charge in [-0.15, -0.1) is 0 Å². The van der Waals surface area contributed by atoms with Crippen molar-refractivity contribution in [1.29, 1.82) is 0 Å². The minimum atomic E-state index is -0.729. The maximum Gasteiger partial charge on any atom is 0.261 e. The van der Waals surface area contributed by atoms with E-state index in [2.05, 4.69) is 5.32 Å². The molecule has 3 aromatic carbocycles. The van der Waals surface area contributed by atoms with Gasteiger partial charge in [0.15, 0.2) is 6.10 Å². The first kappa shape index (κ1) is 25.4. The SMILES string of the molecule is CCC(=O)N1CCc2ccc(OC(CC)C(=O)NCc3ccc(F)cc3)cc2C1c1cccc(F)c1.